The van der Waals surface area contributed by atoms with Gasteiger partial charge in [0, 0.05) is 12.1 Å². The molecule has 0 unspecified atom stereocenters. The van der Waals surface area contributed by atoms with E-state index in [0.29, 0.717) is 12.1 Å². The van der Waals surface area contributed by atoms with Crippen molar-refractivity contribution in [3.8, 4) is 0 Å². The molecule has 0 aromatic heterocycles. The van der Waals surface area contributed by atoms with Crippen molar-refractivity contribution >= 4 is 15.7 Å². The van der Waals surface area contributed by atoms with Gasteiger partial charge in [-0.1, -0.05) is 12.1 Å². The van der Waals surface area contributed by atoms with Crippen LogP contribution in [0.3, 0.4) is 0 Å². The van der Waals surface area contributed by atoms with Gasteiger partial charge in [-0.05, 0) is 12.1 Å². The number of anilines is 1. The Bertz CT molecular complexity index is 848. The van der Waals surface area contributed by atoms with Crippen LogP contribution < -0.4 is 4.72 Å². The summed E-state index contributed by atoms with van der Waals surface area (Å²) in [6.07, 6.45) is -4.97. The first kappa shape index (κ1) is 17.1. The lowest BCUT2D eigenvalue weighted by Gasteiger charge is -2.14. The summed E-state index contributed by atoms with van der Waals surface area (Å²) in [5.41, 5.74) is -2.49. The van der Waals surface area contributed by atoms with Gasteiger partial charge in [0.25, 0.3) is 10.0 Å². The Hall–Kier alpha value is -2.23. The molecule has 0 aliphatic heterocycles. The van der Waals surface area contributed by atoms with Crippen molar-refractivity contribution in [2.75, 3.05) is 4.72 Å². The van der Waals surface area contributed by atoms with Gasteiger partial charge in [-0.15, -0.1) is 0 Å². The van der Waals surface area contributed by atoms with Gasteiger partial charge in [-0.3, -0.25) is 4.72 Å². The van der Waals surface area contributed by atoms with Crippen molar-refractivity contribution in [2.24, 2.45) is 0 Å². The average molecular weight is 355 g/mol. The molecule has 0 amide bonds. The molecule has 0 spiro atoms. The summed E-state index contributed by atoms with van der Waals surface area (Å²) in [7, 11) is -4.88. The quantitative estimate of drug-likeness (QED) is 0.670. The summed E-state index contributed by atoms with van der Waals surface area (Å²) in [6.45, 7) is 0. The molecule has 3 nitrogen and oxygen atoms in total. The molecule has 2 rings (SSSR count). The third-order valence-corrected chi connectivity index (χ3v) is 4.16. The first-order valence-corrected chi connectivity index (χ1v) is 7.34. The second-order valence-corrected chi connectivity index (χ2v) is 6.00. The van der Waals surface area contributed by atoms with Crippen LogP contribution in [0.15, 0.2) is 41.3 Å². The Kier molecular flexibility index (Phi) is 4.29. The lowest BCUT2D eigenvalue weighted by Crippen LogP contribution is -2.19. The third-order valence-electron chi connectivity index (χ3n) is 2.74. The number of rotatable bonds is 3. The van der Waals surface area contributed by atoms with E-state index in [9.17, 15) is 34.8 Å². The maximum absolute atomic E-state index is 13.5. The van der Waals surface area contributed by atoms with Crippen molar-refractivity contribution in [1.82, 2.24) is 0 Å². The van der Waals surface area contributed by atoms with Crippen LogP contribution >= 0.6 is 0 Å². The topological polar surface area (TPSA) is 46.2 Å². The number of nitrogens with one attached hydrogen (secondary N) is 1. The minimum atomic E-state index is -4.97. The smallest absolute Gasteiger partial charge is 0.277 e. The molecular formula is C13H7F6NO2S. The maximum Gasteiger partial charge on any atom is 0.417 e. The summed E-state index contributed by atoms with van der Waals surface area (Å²) in [4.78, 5) is -1.17. The second-order valence-electron chi connectivity index (χ2n) is 4.35. The molecule has 0 fully saturated rings. The SMILES string of the molecule is O=S(=O)(Nc1cc(F)c(F)cc1F)c1ccccc1C(F)(F)F. The van der Waals surface area contributed by atoms with E-state index in [2.05, 4.69) is 0 Å². The molecule has 10 heteroatoms. The fourth-order valence-electron chi connectivity index (χ4n) is 1.74. The normalized spacial score (nSPS) is 12.3. The van der Waals surface area contributed by atoms with Crippen LogP contribution in [0.5, 0.6) is 0 Å². The van der Waals surface area contributed by atoms with Crippen LogP contribution in [-0.2, 0) is 16.2 Å². The highest BCUT2D eigenvalue weighted by atomic mass is 32.2. The van der Waals surface area contributed by atoms with Gasteiger partial charge >= 0.3 is 6.18 Å². The molecule has 0 aliphatic carbocycles. The number of sulfonamides is 1. The molecule has 2 aromatic carbocycles. The van der Waals surface area contributed by atoms with Crippen molar-refractivity contribution in [3.63, 3.8) is 0 Å². The van der Waals surface area contributed by atoms with Gasteiger partial charge in [0.2, 0.25) is 0 Å². The number of benzene rings is 2. The monoisotopic (exact) mass is 355 g/mol. The van der Waals surface area contributed by atoms with E-state index >= 15 is 0 Å². The fourth-order valence-corrected chi connectivity index (χ4v) is 3.02. The zero-order valence-electron chi connectivity index (χ0n) is 11.0. The molecule has 0 atom stereocenters. The Balaban J connectivity index is 2.51. The van der Waals surface area contributed by atoms with Crippen molar-refractivity contribution in [3.05, 3.63) is 59.4 Å². The van der Waals surface area contributed by atoms with Crippen LogP contribution in [0.1, 0.15) is 5.56 Å². The van der Waals surface area contributed by atoms with Gasteiger partial charge in [0.15, 0.2) is 11.6 Å². The van der Waals surface area contributed by atoms with Gasteiger partial charge < -0.3 is 0 Å². The first-order chi connectivity index (χ1) is 10.5. The standard InChI is InChI=1S/C13H7F6NO2S/c14-8-5-10(16)11(6-9(8)15)20-23(21,22)12-4-2-1-3-7(12)13(17,18)19/h1-6,20H. The molecule has 124 valence electrons. The largest absolute Gasteiger partial charge is 0.417 e. The van der Waals surface area contributed by atoms with Crippen LogP contribution in [0.25, 0.3) is 0 Å². The fraction of sp³-hybridized carbons (Fsp3) is 0.0769. The molecule has 0 heterocycles. The maximum atomic E-state index is 13.5. The number of hydrogen-bond donors (Lipinski definition) is 1. The Morgan fingerprint density at radius 1 is 0.870 bits per heavy atom. The van der Waals surface area contributed by atoms with Gasteiger partial charge in [0.05, 0.1) is 16.1 Å². The molecule has 0 aliphatic rings. The summed E-state index contributed by atoms with van der Waals surface area (Å²) in [5.74, 6) is -4.61. The predicted molar refractivity (Wildman–Crippen MR) is 68.6 cm³/mol. The predicted octanol–water partition coefficient (Wildman–Crippen LogP) is 3.92. The van der Waals surface area contributed by atoms with Crippen molar-refractivity contribution in [2.45, 2.75) is 11.1 Å². The summed E-state index contributed by atoms with van der Waals surface area (Å²) in [5, 5.41) is 0. The molecule has 0 radical (unpaired) electrons. The average Bonchev–Trinajstić information content (AvgIpc) is 2.43. The lowest BCUT2D eigenvalue weighted by molar-refractivity contribution is -0.139. The number of halogens is 6. The number of alkyl halides is 3. The zero-order valence-corrected chi connectivity index (χ0v) is 11.8. The number of hydrogen-bond acceptors (Lipinski definition) is 2. The third kappa shape index (κ3) is 3.58. The van der Waals surface area contributed by atoms with Crippen molar-refractivity contribution < 1.29 is 34.8 Å². The Morgan fingerprint density at radius 3 is 2.04 bits per heavy atom. The highest BCUT2D eigenvalue weighted by Gasteiger charge is 2.37. The Morgan fingerprint density at radius 2 is 1.43 bits per heavy atom. The minimum Gasteiger partial charge on any atom is -0.277 e. The lowest BCUT2D eigenvalue weighted by atomic mass is 10.2. The van der Waals surface area contributed by atoms with Gasteiger partial charge in [0.1, 0.15) is 5.82 Å². The van der Waals surface area contributed by atoms with E-state index in [1.54, 1.807) is 0 Å². The van der Waals surface area contributed by atoms with E-state index in [0.717, 1.165) is 12.1 Å². The highest BCUT2D eigenvalue weighted by Crippen LogP contribution is 2.34. The van der Waals surface area contributed by atoms with Crippen LogP contribution in [0.2, 0.25) is 0 Å². The van der Waals surface area contributed by atoms with Gasteiger partial charge in [-0.2, -0.15) is 13.2 Å². The van der Waals surface area contributed by atoms with E-state index in [1.807, 2.05) is 0 Å². The van der Waals surface area contributed by atoms with E-state index < -0.39 is 49.8 Å². The van der Waals surface area contributed by atoms with Crippen molar-refractivity contribution in [1.29, 1.82) is 0 Å². The summed E-state index contributed by atoms with van der Waals surface area (Å²) >= 11 is 0. The molecule has 0 bridgehead atoms. The van der Waals surface area contributed by atoms with E-state index in [4.69, 9.17) is 0 Å². The molecule has 1 N–H and O–H groups in total. The highest BCUT2D eigenvalue weighted by molar-refractivity contribution is 7.92. The van der Waals surface area contributed by atoms with Gasteiger partial charge in [-0.25, -0.2) is 21.6 Å². The summed E-state index contributed by atoms with van der Waals surface area (Å²) < 4.78 is 103. The molecular weight excluding hydrogens is 348 g/mol. The molecule has 23 heavy (non-hydrogen) atoms. The Labute approximate surface area is 126 Å². The summed E-state index contributed by atoms with van der Waals surface area (Å²) in [6, 6.07) is 3.45. The minimum absolute atomic E-state index is 0.0723. The van der Waals surface area contributed by atoms with E-state index in [-0.39, 0.29) is 12.1 Å². The molecule has 2 aromatic rings. The van der Waals surface area contributed by atoms with Crippen LogP contribution in [0, 0.1) is 17.5 Å². The van der Waals surface area contributed by atoms with Crippen LogP contribution in [0.4, 0.5) is 32.0 Å². The zero-order chi connectivity index (χ0) is 17.4. The molecule has 0 saturated carbocycles. The molecule has 0 saturated heterocycles. The first-order valence-electron chi connectivity index (χ1n) is 5.86. The second kappa shape index (κ2) is 5.76. The van der Waals surface area contributed by atoms with E-state index in [1.165, 1.54) is 4.72 Å². The van der Waals surface area contributed by atoms with Crippen LogP contribution in [-0.4, -0.2) is 8.42 Å².